The molecule has 2 aromatic carbocycles. The van der Waals surface area contributed by atoms with E-state index in [1.807, 2.05) is 17.9 Å². The zero-order chi connectivity index (χ0) is 20.4. The predicted octanol–water partition coefficient (Wildman–Crippen LogP) is 5.19. The Morgan fingerprint density at radius 1 is 1.10 bits per heavy atom. The average molecular weight is 413 g/mol. The number of nitrogens with zero attached hydrogens (tertiary/aromatic N) is 3. The van der Waals surface area contributed by atoms with E-state index in [0.717, 1.165) is 25.9 Å². The van der Waals surface area contributed by atoms with E-state index in [-0.39, 0.29) is 17.5 Å². The molecule has 2 fully saturated rings. The van der Waals surface area contributed by atoms with Gasteiger partial charge in [-0.15, -0.1) is 0 Å². The number of amides is 1. The summed E-state index contributed by atoms with van der Waals surface area (Å²) in [6, 6.07) is 10.9. The van der Waals surface area contributed by atoms with Gasteiger partial charge in [0.1, 0.15) is 11.6 Å². The first-order valence-electron chi connectivity index (χ1n) is 9.65. The van der Waals surface area contributed by atoms with Crippen LogP contribution in [-0.4, -0.2) is 35.6 Å². The van der Waals surface area contributed by atoms with Crippen molar-refractivity contribution in [2.24, 2.45) is 4.99 Å². The van der Waals surface area contributed by atoms with Crippen molar-refractivity contribution in [1.29, 1.82) is 0 Å². The van der Waals surface area contributed by atoms with E-state index in [1.165, 1.54) is 30.0 Å². The summed E-state index contributed by atoms with van der Waals surface area (Å²) in [6.45, 7) is 4.08. The van der Waals surface area contributed by atoms with Crippen molar-refractivity contribution in [3.8, 4) is 0 Å². The minimum Gasteiger partial charge on any atom is -0.369 e. The number of carbonyl (C=O) groups excluding carboxylic acids is 1. The summed E-state index contributed by atoms with van der Waals surface area (Å²) in [5.41, 5.74) is 1.83. The lowest BCUT2D eigenvalue weighted by molar-refractivity contribution is -0.122. The quantitative estimate of drug-likeness (QED) is 0.648. The lowest BCUT2D eigenvalue weighted by atomic mass is 10.1. The summed E-state index contributed by atoms with van der Waals surface area (Å²) >= 11 is 1.24. The highest BCUT2D eigenvalue weighted by Crippen LogP contribution is 2.34. The lowest BCUT2D eigenvalue weighted by Crippen LogP contribution is -2.28. The number of halogens is 2. The first kappa shape index (κ1) is 19.6. The van der Waals surface area contributed by atoms with E-state index in [4.69, 9.17) is 0 Å². The molecule has 0 saturated carbocycles. The molecule has 0 bridgehead atoms. The summed E-state index contributed by atoms with van der Waals surface area (Å²) in [5.74, 6) is -0.775. The molecule has 0 aliphatic carbocycles. The number of hydrogen-bond donors (Lipinski definition) is 0. The second-order valence-corrected chi connectivity index (χ2v) is 7.94. The Labute approximate surface area is 172 Å². The fourth-order valence-electron chi connectivity index (χ4n) is 3.48. The van der Waals surface area contributed by atoms with Gasteiger partial charge in [0.2, 0.25) is 0 Å². The van der Waals surface area contributed by atoms with Crippen LogP contribution in [0.25, 0.3) is 6.08 Å². The molecule has 150 valence electrons. The fourth-order valence-corrected chi connectivity index (χ4v) is 4.54. The minimum absolute atomic E-state index is 0.164. The monoisotopic (exact) mass is 413 g/mol. The third kappa shape index (κ3) is 4.19. The standard InChI is InChI=1S/C22H21F2N3OS/c1-2-27-21(28)20(29-22(27)25-17-8-6-16(23)7-9-17)14-15-5-10-19(18(24)13-15)26-11-3-4-12-26/h5-10,13-14H,2-4,11-12H2,1H3/b20-14+,25-22?. The van der Waals surface area contributed by atoms with Crippen molar-refractivity contribution < 1.29 is 13.6 Å². The molecule has 29 heavy (non-hydrogen) atoms. The number of thioether (sulfide) groups is 1. The lowest BCUT2D eigenvalue weighted by Gasteiger charge is -2.18. The van der Waals surface area contributed by atoms with Gasteiger partial charge in [-0.05, 0) is 79.6 Å². The Kier molecular flexibility index (Phi) is 5.67. The van der Waals surface area contributed by atoms with Gasteiger partial charge in [0.05, 0.1) is 16.3 Å². The van der Waals surface area contributed by atoms with Crippen LogP contribution in [0.2, 0.25) is 0 Å². The number of amidine groups is 1. The Hall–Kier alpha value is -2.67. The van der Waals surface area contributed by atoms with Gasteiger partial charge in [0, 0.05) is 19.6 Å². The predicted molar refractivity (Wildman–Crippen MR) is 114 cm³/mol. The highest BCUT2D eigenvalue weighted by molar-refractivity contribution is 8.18. The van der Waals surface area contributed by atoms with Crippen molar-refractivity contribution in [2.75, 3.05) is 24.5 Å². The third-order valence-corrected chi connectivity index (χ3v) is 5.98. The molecule has 7 heteroatoms. The topological polar surface area (TPSA) is 35.9 Å². The summed E-state index contributed by atoms with van der Waals surface area (Å²) < 4.78 is 27.7. The molecule has 2 heterocycles. The number of hydrogen-bond acceptors (Lipinski definition) is 4. The Bertz CT molecular complexity index is 982. The molecule has 1 amide bonds. The molecule has 4 nitrogen and oxygen atoms in total. The van der Waals surface area contributed by atoms with E-state index >= 15 is 0 Å². The van der Waals surface area contributed by atoms with Crippen LogP contribution >= 0.6 is 11.8 Å². The molecule has 0 spiro atoms. The number of benzene rings is 2. The SMILES string of the molecule is CCN1C(=O)/C(=C\c2ccc(N3CCCC3)c(F)c2)SC1=Nc1ccc(F)cc1. The molecule has 0 atom stereocenters. The number of aliphatic imine (C=N–C) groups is 1. The van der Waals surface area contributed by atoms with Gasteiger partial charge < -0.3 is 4.90 Å². The maximum Gasteiger partial charge on any atom is 0.266 e. The van der Waals surface area contributed by atoms with E-state index in [9.17, 15) is 13.6 Å². The van der Waals surface area contributed by atoms with E-state index in [0.29, 0.717) is 33.6 Å². The molecule has 4 rings (SSSR count). The molecule has 0 aromatic heterocycles. The largest absolute Gasteiger partial charge is 0.369 e. The first-order chi connectivity index (χ1) is 14.0. The minimum atomic E-state index is -0.337. The summed E-state index contributed by atoms with van der Waals surface area (Å²) in [5, 5.41) is 0.532. The number of carbonyl (C=O) groups is 1. The number of likely N-dealkylation sites (N-methyl/N-ethyl adjacent to an activating group) is 1. The number of rotatable bonds is 4. The van der Waals surface area contributed by atoms with Crippen LogP contribution < -0.4 is 4.90 Å². The van der Waals surface area contributed by atoms with Crippen LogP contribution in [0.3, 0.4) is 0 Å². The zero-order valence-corrected chi connectivity index (χ0v) is 16.9. The van der Waals surface area contributed by atoms with Crippen LogP contribution in [0.5, 0.6) is 0 Å². The van der Waals surface area contributed by atoms with Gasteiger partial charge in [-0.3, -0.25) is 9.69 Å². The second-order valence-electron chi connectivity index (χ2n) is 6.94. The van der Waals surface area contributed by atoms with Crippen molar-refractivity contribution in [3.63, 3.8) is 0 Å². The van der Waals surface area contributed by atoms with Gasteiger partial charge in [-0.2, -0.15) is 0 Å². The number of anilines is 1. The van der Waals surface area contributed by atoms with E-state index < -0.39 is 0 Å². The van der Waals surface area contributed by atoms with Crippen LogP contribution in [0.15, 0.2) is 52.4 Å². The molecular formula is C22H21F2N3OS. The first-order valence-corrected chi connectivity index (χ1v) is 10.5. The molecule has 2 saturated heterocycles. The fraction of sp³-hybridized carbons (Fsp3) is 0.273. The Morgan fingerprint density at radius 3 is 2.48 bits per heavy atom. The van der Waals surface area contributed by atoms with Gasteiger partial charge in [-0.1, -0.05) is 6.07 Å². The van der Waals surface area contributed by atoms with E-state index in [2.05, 4.69) is 4.99 Å². The Balaban J connectivity index is 1.59. The van der Waals surface area contributed by atoms with Crippen LogP contribution in [0.1, 0.15) is 25.3 Å². The molecule has 2 aromatic rings. The molecular weight excluding hydrogens is 392 g/mol. The van der Waals surface area contributed by atoms with Crippen molar-refractivity contribution in [1.82, 2.24) is 4.90 Å². The van der Waals surface area contributed by atoms with Crippen molar-refractivity contribution in [2.45, 2.75) is 19.8 Å². The normalized spacial score (nSPS) is 19.8. The second kappa shape index (κ2) is 8.37. The van der Waals surface area contributed by atoms with E-state index in [1.54, 1.807) is 29.2 Å². The maximum atomic E-state index is 14.6. The van der Waals surface area contributed by atoms with Gasteiger partial charge in [0.15, 0.2) is 5.17 Å². The molecule has 2 aliphatic heterocycles. The summed E-state index contributed by atoms with van der Waals surface area (Å²) in [7, 11) is 0. The molecule has 0 N–H and O–H groups in total. The molecule has 2 aliphatic rings. The van der Waals surface area contributed by atoms with Gasteiger partial charge >= 0.3 is 0 Å². The van der Waals surface area contributed by atoms with Crippen molar-refractivity contribution >= 4 is 40.3 Å². The maximum absolute atomic E-state index is 14.6. The highest BCUT2D eigenvalue weighted by Gasteiger charge is 2.32. The van der Waals surface area contributed by atoms with Gasteiger partial charge in [0.25, 0.3) is 5.91 Å². The molecule has 0 unspecified atom stereocenters. The third-order valence-electron chi connectivity index (χ3n) is 4.97. The van der Waals surface area contributed by atoms with Crippen LogP contribution in [0, 0.1) is 11.6 Å². The summed E-state index contributed by atoms with van der Waals surface area (Å²) in [6.07, 6.45) is 3.86. The smallest absolute Gasteiger partial charge is 0.266 e. The van der Waals surface area contributed by atoms with Crippen LogP contribution in [0.4, 0.5) is 20.2 Å². The van der Waals surface area contributed by atoms with Gasteiger partial charge in [-0.25, -0.2) is 13.8 Å². The van der Waals surface area contributed by atoms with Crippen molar-refractivity contribution in [3.05, 3.63) is 64.6 Å². The zero-order valence-electron chi connectivity index (χ0n) is 16.1. The Morgan fingerprint density at radius 2 is 1.83 bits per heavy atom. The summed E-state index contributed by atoms with van der Waals surface area (Å²) in [4.78, 5) is 21.3. The molecule has 0 radical (unpaired) electrons. The highest BCUT2D eigenvalue weighted by atomic mass is 32.2. The van der Waals surface area contributed by atoms with Crippen LogP contribution in [-0.2, 0) is 4.79 Å². The average Bonchev–Trinajstić information content (AvgIpc) is 3.33.